The van der Waals surface area contributed by atoms with Gasteiger partial charge in [-0.1, -0.05) is 0 Å². The van der Waals surface area contributed by atoms with E-state index < -0.39 is 0 Å². The monoisotopic (exact) mass is 617 g/mol. The number of aryl methyl sites for hydroxylation is 1. The minimum atomic E-state index is 0.101. The Morgan fingerprint density at radius 3 is 2.63 bits per heavy atom. The van der Waals surface area contributed by atoms with Crippen LogP contribution in [0, 0.1) is 18.8 Å². The van der Waals surface area contributed by atoms with E-state index in [2.05, 4.69) is 42.2 Å². The molecule has 4 fully saturated rings. The Kier molecular flexibility index (Phi) is 6.35. The summed E-state index contributed by atoms with van der Waals surface area (Å²) in [6.07, 6.45) is 8.61. The number of amides is 1. The van der Waals surface area contributed by atoms with Crippen LogP contribution in [0.2, 0.25) is 0 Å². The highest BCUT2D eigenvalue weighted by Crippen LogP contribution is 2.42. The van der Waals surface area contributed by atoms with Gasteiger partial charge in [-0.05, 0) is 86.4 Å². The Morgan fingerprint density at radius 1 is 1.02 bits per heavy atom. The lowest BCUT2D eigenvalue weighted by Gasteiger charge is -2.41. The lowest BCUT2D eigenvalue weighted by molar-refractivity contribution is -0.132. The molecule has 0 spiro atoms. The maximum Gasteiger partial charge on any atom is 0.227 e. The second kappa shape index (κ2) is 10.5. The van der Waals surface area contributed by atoms with Crippen LogP contribution in [-0.2, 0) is 17.8 Å². The summed E-state index contributed by atoms with van der Waals surface area (Å²) in [6.45, 7) is 5.19. The number of carbonyl (C=O) groups excluding carboxylic acids is 1. The van der Waals surface area contributed by atoms with Crippen LogP contribution in [0.15, 0.2) is 48.8 Å². The Morgan fingerprint density at radius 2 is 1.89 bits per heavy atom. The minimum absolute atomic E-state index is 0.101. The topological polar surface area (TPSA) is 120 Å². The van der Waals surface area contributed by atoms with Crippen molar-refractivity contribution in [2.24, 2.45) is 17.6 Å². The predicted molar refractivity (Wildman–Crippen MR) is 176 cm³/mol. The zero-order valence-electron chi connectivity index (χ0n) is 26.3. The van der Waals surface area contributed by atoms with Gasteiger partial charge in [-0.3, -0.25) is 4.79 Å². The van der Waals surface area contributed by atoms with Crippen molar-refractivity contribution in [2.75, 3.05) is 31.6 Å². The first-order valence-electron chi connectivity index (χ1n) is 16.6. The van der Waals surface area contributed by atoms with Gasteiger partial charge in [-0.15, -0.1) is 0 Å². The van der Waals surface area contributed by atoms with Gasteiger partial charge in [0.1, 0.15) is 28.6 Å². The van der Waals surface area contributed by atoms with Crippen molar-refractivity contribution in [1.82, 2.24) is 34.0 Å². The molecule has 5 aromatic rings. The van der Waals surface area contributed by atoms with Crippen LogP contribution in [0.4, 0.5) is 5.82 Å². The van der Waals surface area contributed by atoms with E-state index in [0.29, 0.717) is 18.3 Å². The fraction of sp³-hybridized carbons (Fsp3) is 0.457. The van der Waals surface area contributed by atoms with Crippen LogP contribution in [0.3, 0.4) is 0 Å². The van der Waals surface area contributed by atoms with Crippen molar-refractivity contribution in [3.63, 3.8) is 0 Å². The summed E-state index contributed by atoms with van der Waals surface area (Å²) in [5.74, 6) is 4.56. The third-order valence-corrected chi connectivity index (χ3v) is 10.7. The smallest absolute Gasteiger partial charge is 0.227 e. The molecule has 46 heavy (non-hydrogen) atoms. The second-order valence-corrected chi connectivity index (χ2v) is 13.7. The van der Waals surface area contributed by atoms with Crippen LogP contribution in [0.5, 0.6) is 5.75 Å². The molecule has 2 unspecified atom stereocenters. The molecule has 11 heteroatoms. The molecule has 2 aliphatic carbocycles. The van der Waals surface area contributed by atoms with E-state index in [1.165, 1.54) is 12.8 Å². The number of fused-ring (bicyclic) bond motifs is 4. The van der Waals surface area contributed by atoms with Gasteiger partial charge in [0.25, 0.3) is 0 Å². The quantitative estimate of drug-likeness (QED) is 0.276. The molecule has 4 aromatic heterocycles. The van der Waals surface area contributed by atoms with E-state index in [0.717, 1.165) is 95.6 Å². The Balaban J connectivity index is 1.14. The molecular formula is C35H39N9O2. The van der Waals surface area contributed by atoms with Crippen molar-refractivity contribution < 1.29 is 9.53 Å². The highest BCUT2D eigenvalue weighted by atomic mass is 16.5. The Hall–Kier alpha value is -4.51. The summed E-state index contributed by atoms with van der Waals surface area (Å²) in [6, 6.07) is 12.9. The van der Waals surface area contributed by atoms with E-state index in [4.69, 9.17) is 20.4 Å². The second-order valence-electron chi connectivity index (χ2n) is 13.7. The highest BCUT2D eigenvalue weighted by molar-refractivity contribution is 5.91. The SMILES string of the molecule is COc1cc(CC(=O)N2CC3CCC2[C@@H]3N)cc2nc(-c3cc4cccnc4n3CC3CC3)n(C3CN(c4ccnc(C)n4)C3)c12. The lowest BCUT2D eigenvalue weighted by atomic mass is 10.1. The molecule has 6 heterocycles. The van der Waals surface area contributed by atoms with Gasteiger partial charge in [-0.25, -0.2) is 19.9 Å². The number of rotatable bonds is 8. The number of ether oxygens (including phenoxy) is 1. The van der Waals surface area contributed by atoms with Crippen LogP contribution in [0.1, 0.15) is 43.1 Å². The molecule has 9 rings (SSSR count). The van der Waals surface area contributed by atoms with Gasteiger partial charge in [0.2, 0.25) is 5.91 Å². The number of nitrogens with two attached hydrogens (primary N) is 1. The van der Waals surface area contributed by atoms with Gasteiger partial charge in [0, 0.05) is 56.0 Å². The average molecular weight is 618 g/mol. The number of aromatic nitrogens is 6. The molecule has 236 valence electrons. The number of carbonyl (C=O) groups is 1. The largest absolute Gasteiger partial charge is 0.494 e. The molecule has 2 saturated carbocycles. The molecule has 2 aliphatic heterocycles. The molecule has 11 nitrogen and oxygen atoms in total. The normalized spacial score (nSPS) is 22.7. The zero-order chi connectivity index (χ0) is 31.1. The average Bonchev–Trinajstić information content (AvgIpc) is 3.38. The fourth-order valence-electron chi connectivity index (χ4n) is 8.10. The number of nitrogens with zero attached hydrogens (tertiary/aromatic N) is 8. The fourth-order valence-corrected chi connectivity index (χ4v) is 8.10. The summed E-state index contributed by atoms with van der Waals surface area (Å²) < 4.78 is 10.8. The number of imidazole rings is 1. The van der Waals surface area contributed by atoms with Gasteiger partial charge in [0.05, 0.1) is 30.8 Å². The maximum atomic E-state index is 13.6. The van der Waals surface area contributed by atoms with Crippen LogP contribution < -0.4 is 15.4 Å². The molecule has 2 N–H and O–H groups in total. The number of likely N-dealkylation sites (tertiary alicyclic amines) is 1. The molecule has 2 bridgehead atoms. The van der Waals surface area contributed by atoms with Crippen molar-refractivity contribution in [3.05, 3.63) is 60.2 Å². The van der Waals surface area contributed by atoms with E-state index in [-0.39, 0.29) is 24.0 Å². The van der Waals surface area contributed by atoms with Crippen molar-refractivity contribution in [2.45, 2.75) is 63.7 Å². The van der Waals surface area contributed by atoms with Crippen LogP contribution in [0.25, 0.3) is 33.6 Å². The first-order valence-corrected chi connectivity index (χ1v) is 16.6. The summed E-state index contributed by atoms with van der Waals surface area (Å²) in [7, 11) is 1.71. The number of benzene rings is 1. The first kappa shape index (κ1) is 27.8. The molecule has 2 saturated heterocycles. The predicted octanol–water partition coefficient (Wildman–Crippen LogP) is 4.12. The number of hydrogen-bond acceptors (Lipinski definition) is 8. The minimum Gasteiger partial charge on any atom is -0.494 e. The Bertz CT molecular complexity index is 1990. The van der Waals surface area contributed by atoms with Crippen molar-refractivity contribution >= 4 is 33.8 Å². The van der Waals surface area contributed by atoms with Crippen molar-refractivity contribution in [1.29, 1.82) is 0 Å². The molecule has 1 aromatic carbocycles. The molecule has 0 radical (unpaired) electrons. The molecule has 3 atom stereocenters. The van der Waals surface area contributed by atoms with E-state index in [1.54, 1.807) is 7.11 Å². The zero-order valence-corrected chi connectivity index (χ0v) is 26.3. The molecule has 1 amide bonds. The van der Waals surface area contributed by atoms with Gasteiger partial charge in [-0.2, -0.15) is 0 Å². The summed E-state index contributed by atoms with van der Waals surface area (Å²) in [4.78, 5) is 37.0. The number of methoxy groups -OCH3 is 1. The standard InChI is InChI=1S/C35H39N9O2/c1-20-37-11-9-30(39-20)41-18-25(19-41)44-33-26(40-35(44)28-15-23-4-3-10-38-34(23)43(28)16-21-5-6-21)12-22(13-29(33)46-2)14-31(45)42-17-24-7-8-27(42)32(24)36/h3-4,9-13,15,21,24-25,27,32H,5-8,14,16-19,36H2,1-2H3/t24?,27?,32-/m1/s1. The summed E-state index contributed by atoms with van der Waals surface area (Å²) >= 11 is 0. The van der Waals surface area contributed by atoms with E-state index in [1.807, 2.05) is 42.4 Å². The summed E-state index contributed by atoms with van der Waals surface area (Å²) in [5.41, 5.74) is 11.2. The number of hydrogen-bond donors (Lipinski definition) is 1. The summed E-state index contributed by atoms with van der Waals surface area (Å²) in [5, 5.41) is 1.11. The first-order chi connectivity index (χ1) is 22.4. The number of pyridine rings is 1. The Labute approximate surface area is 267 Å². The highest BCUT2D eigenvalue weighted by Gasteiger charge is 2.46. The van der Waals surface area contributed by atoms with Crippen LogP contribution >= 0.6 is 0 Å². The van der Waals surface area contributed by atoms with Crippen LogP contribution in [-0.4, -0.2) is 78.7 Å². The van der Waals surface area contributed by atoms with Gasteiger partial charge in [0.15, 0.2) is 5.82 Å². The van der Waals surface area contributed by atoms with E-state index >= 15 is 0 Å². The van der Waals surface area contributed by atoms with Gasteiger partial charge < -0.3 is 29.4 Å². The number of piperidine rings is 1. The van der Waals surface area contributed by atoms with Gasteiger partial charge >= 0.3 is 0 Å². The maximum absolute atomic E-state index is 13.6. The third-order valence-electron chi connectivity index (χ3n) is 10.7. The lowest BCUT2D eigenvalue weighted by Crippen LogP contribution is -2.48. The number of anilines is 1. The van der Waals surface area contributed by atoms with E-state index in [9.17, 15) is 4.79 Å². The molecule has 4 aliphatic rings. The third kappa shape index (κ3) is 4.46. The molecular weight excluding hydrogens is 578 g/mol. The van der Waals surface area contributed by atoms with Crippen molar-refractivity contribution in [3.8, 4) is 17.3 Å².